The summed E-state index contributed by atoms with van der Waals surface area (Å²) in [5, 5.41) is 12.3. The standard InChI is InChI=1S/C16H19ClFNO5/c1-4-24-14-8(7(2)20)5-10(17)13(18)11(14)9-6-19-15(21)12(9)16(22)23-3/h5,7,9,12,20H,4,6H2,1-3H3,(H,19,21)/t7-,9?,12?/m1/s1. The molecule has 0 saturated carbocycles. The third-order valence-corrected chi connectivity index (χ3v) is 4.26. The predicted octanol–water partition coefficient (Wildman–Crippen LogP) is 1.93. The highest BCUT2D eigenvalue weighted by Crippen LogP contribution is 2.43. The minimum Gasteiger partial charge on any atom is -0.493 e. The molecule has 0 bridgehead atoms. The number of carbonyl (C=O) groups excluding carboxylic acids is 2. The van der Waals surface area contributed by atoms with Gasteiger partial charge in [-0.15, -0.1) is 0 Å². The minimum absolute atomic E-state index is 0.00556. The first-order chi connectivity index (χ1) is 11.3. The number of aliphatic hydroxyl groups is 1. The van der Waals surface area contributed by atoms with E-state index in [9.17, 15) is 19.1 Å². The zero-order chi connectivity index (χ0) is 18.0. The normalized spacial score (nSPS) is 21.3. The molecule has 8 heteroatoms. The topological polar surface area (TPSA) is 84.9 Å². The first kappa shape index (κ1) is 18.5. The van der Waals surface area contributed by atoms with Gasteiger partial charge in [0.05, 0.1) is 24.8 Å². The first-order valence-corrected chi connectivity index (χ1v) is 7.89. The molecule has 3 atom stereocenters. The lowest BCUT2D eigenvalue weighted by Gasteiger charge is -2.23. The number of nitrogens with one attached hydrogen (secondary N) is 1. The van der Waals surface area contributed by atoms with E-state index in [0.29, 0.717) is 5.56 Å². The Labute approximate surface area is 143 Å². The van der Waals surface area contributed by atoms with Crippen molar-refractivity contribution in [3.05, 3.63) is 28.0 Å². The van der Waals surface area contributed by atoms with E-state index in [1.54, 1.807) is 6.92 Å². The third-order valence-electron chi connectivity index (χ3n) is 3.98. The monoisotopic (exact) mass is 359 g/mol. The number of benzene rings is 1. The number of hydrogen-bond donors (Lipinski definition) is 2. The lowest BCUT2D eigenvalue weighted by Crippen LogP contribution is -2.28. The Kier molecular flexibility index (Phi) is 5.66. The van der Waals surface area contributed by atoms with Gasteiger partial charge in [-0.05, 0) is 19.9 Å². The van der Waals surface area contributed by atoms with Crippen molar-refractivity contribution >= 4 is 23.5 Å². The molecule has 1 fully saturated rings. The summed E-state index contributed by atoms with van der Waals surface area (Å²) in [5.74, 6) is -4.04. The maximum atomic E-state index is 14.8. The van der Waals surface area contributed by atoms with Crippen LogP contribution in [0.15, 0.2) is 6.07 Å². The molecule has 1 aliphatic heterocycles. The molecule has 2 unspecified atom stereocenters. The van der Waals surface area contributed by atoms with Gasteiger partial charge in [0.1, 0.15) is 17.5 Å². The van der Waals surface area contributed by atoms with Crippen molar-refractivity contribution in [1.82, 2.24) is 5.32 Å². The quantitative estimate of drug-likeness (QED) is 0.620. The molecular formula is C16H19ClFNO5. The summed E-state index contributed by atoms with van der Waals surface area (Å²) >= 11 is 5.95. The molecule has 132 valence electrons. The minimum atomic E-state index is -1.20. The fraction of sp³-hybridized carbons (Fsp3) is 0.500. The fourth-order valence-corrected chi connectivity index (χ4v) is 3.10. The van der Waals surface area contributed by atoms with Crippen LogP contribution in [0.5, 0.6) is 5.75 Å². The van der Waals surface area contributed by atoms with Crippen LogP contribution in [-0.2, 0) is 14.3 Å². The van der Waals surface area contributed by atoms with Crippen LogP contribution >= 0.6 is 11.6 Å². The van der Waals surface area contributed by atoms with Crippen LogP contribution in [0, 0.1) is 11.7 Å². The van der Waals surface area contributed by atoms with E-state index in [1.165, 1.54) is 13.0 Å². The number of ether oxygens (including phenoxy) is 2. The number of methoxy groups -OCH3 is 1. The zero-order valence-electron chi connectivity index (χ0n) is 13.6. The number of aliphatic hydroxyl groups excluding tert-OH is 1. The van der Waals surface area contributed by atoms with Gasteiger partial charge in [0.2, 0.25) is 5.91 Å². The van der Waals surface area contributed by atoms with E-state index in [1.807, 2.05) is 0 Å². The van der Waals surface area contributed by atoms with Gasteiger partial charge in [-0.2, -0.15) is 0 Å². The van der Waals surface area contributed by atoms with Crippen molar-refractivity contribution in [2.75, 3.05) is 20.3 Å². The summed E-state index contributed by atoms with van der Waals surface area (Å²) in [7, 11) is 1.16. The SMILES string of the molecule is CCOc1c([C@@H](C)O)cc(Cl)c(F)c1C1CNC(=O)C1C(=O)OC. The van der Waals surface area contributed by atoms with E-state index in [4.69, 9.17) is 16.3 Å². The molecular weight excluding hydrogens is 341 g/mol. The Morgan fingerprint density at radius 2 is 2.25 bits per heavy atom. The van der Waals surface area contributed by atoms with Crippen LogP contribution in [0.3, 0.4) is 0 Å². The van der Waals surface area contributed by atoms with Crippen molar-refractivity contribution in [1.29, 1.82) is 0 Å². The van der Waals surface area contributed by atoms with Gasteiger partial charge < -0.3 is 19.9 Å². The van der Waals surface area contributed by atoms with E-state index in [-0.39, 0.29) is 29.5 Å². The van der Waals surface area contributed by atoms with Crippen molar-refractivity contribution < 1.29 is 28.6 Å². The molecule has 0 radical (unpaired) electrons. The van der Waals surface area contributed by atoms with Crippen LogP contribution in [0.4, 0.5) is 4.39 Å². The number of rotatable bonds is 5. The summed E-state index contributed by atoms with van der Waals surface area (Å²) in [6.07, 6.45) is -0.968. The van der Waals surface area contributed by atoms with Crippen molar-refractivity contribution in [2.24, 2.45) is 5.92 Å². The number of hydrogen-bond acceptors (Lipinski definition) is 5. The van der Waals surface area contributed by atoms with E-state index < -0.39 is 35.6 Å². The van der Waals surface area contributed by atoms with Crippen LogP contribution < -0.4 is 10.1 Å². The number of esters is 1. The van der Waals surface area contributed by atoms with Gasteiger partial charge in [-0.1, -0.05) is 11.6 Å². The summed E-state index contributed by atoms with van der Waals surface area (Å²) in [4.78, 5) is 23.9. The Morgan fingerprint density at radius 1 is 1.58 bits per heavy atom. The van der Waals surface area contributed by atoms with Crippen molar-refractivity contribution in [3.63, 3.8) is 0 Å². The van der Waals surface area contributed by atoms with Crippen LogP contribution in [0.1, 0.15) is 37.0 Å². The number of amides is 1. The highest BCUT2D eigenvalue weighted by atomic mass is 35.5. The van der Waals surface area contributed by atoms with E-state index in [2.05, 4.69) is 10.1 Å². The summed E-state index contributed by atoms with van der Waals surface area (Å²) in [6.45, 7) is 3.45. The van der Waals surface area contributed by atoms with Gasteiger partial charge >= 0.3 is 5.97 Å². The first-order valence-electron chi connectivity index (χ1n) is 7.51. The Morgan fingerprint density at radius 3 is 2.79 bits per heavy atom. The third kappa shape index (κ3) is 3.18. The lowest BCUT2D eigenvalue weighted by atomic mass is 9.86. The molecule has 2 rings (SSSR count). The molecule has 1 saturated heterocycles. The molecule has 2 N–H and O–H groups in total. The molecule has 1 aromatic rings. The molecule has 1 amide bonds. The largest absolute Gasteiger partial charge is 0.493 e. The van der Waals surface area contributed by atoms with Crippen LogP contribution in [0.25, 0.3) is 0 Å². The second kappa shape index (κ2) is 7.36. The van der Waals surface area contributed by atoms with Gasteiger partial charge in [-0.3, -0.25) is 9.59 Å². The molecule has 1 aliphatic rings. The fourth-order valence-electron chi connectivity index (χ4n) is 2.88. The number of carbonyl (C=O) groups is 2. The predicted molar refractivity (Wildman–Crippen MR) is 84.5 cm³/mol. The lowest BCUT2D eigenvalue weighted by molar-refractivity contribution is -0.149. The van der Waals surface area contributed by atoms with Gasteiger partial charge in [-0.25, -0.2) is 4.39 Å². The molecule has 6 nitrogen and oxygen atoms in total. The van der Waals surface area contributed by atoms with Gasteiger partial charge in [0.25, 0.3) is 0 Å². The Bertz CT molecular complexity index is 664. The maximum Gasteiger partial charge on any atom is 0.318 e. The summed E-state index contributed by atoms with van der Waals surface area (Å²) in [5.41, 5.74) is 0.287. The highest BCUT2D eigenvalue weighted by molar-refractivity contribution is 6.31. The summed E-state index contributed by atoms with van der Waals surface area (Å²) in [6, 6.07) is 1.29. The van der Waals surface area contributed by atoms with Gasteiger partial charge in [0.15, 0.2) is 0 Å². The van der Waals surface area contributed by atoms with Crippen molar-refractivity contribution in [2.45, 2.75) is 25.9 Å². The average Bonchev–Trinajstić information content (AvgIpc) is 2.91. The molecule has 24 heavy (non-hydrogen) atoms. The molecule has 0 aromatic heterocycles. The van der Waals surface area contributed by atoms with Crippen molar-refractivity contribution in [3.8, 4) is 5.75 Å². The molecule has 0 aliphatic carbocycles. The van der Waals surface area contributed by atoms with E-state index >= 15 is 0 Å². The second-order valence-electron chi connectivity index (χ2n) is 5.47. The second-order valence-corrected chi connectivity index (χ2v) is 5.87. The van der Waals surface area contributed by atoms with Crippen LogP contribution in [-0.4, -0.2) is 37.2 Å². The number of halogens is 2. The highest BCUT2D eigenvalue weighted by Gasteiger charge is 2.45. The van der Waals surface area contributed by atoms with Crippen LogP contribution in [0.2, 0.25) is 5.02 Å². The smallest absolute Gasteiger partial charge is 0.318 e. The van der Waals surface area contributed by atoms with Gasteiger partial charge in [0, 0.05) is 23.6 Å². The van der Waals surface area contributed by atoms with E-state index in [0.717, 1.165) is 7.11 Å². The zero-order valence-corrected chi connectivity index (χ0v) is 14.3. The maximum absolute atomic E-state index is 14.8. The Hall–Kier alpha value is -1.86. The molecule has 0 spiro atoms. The average molecular weight is 360 g/mol. The summed E-state index contributed by atoms with van der Waals surface area (Å²) < 4.78 is 24.9. The Balaban J connectivity index is 2.67. The molecule has 1 heterocycles. The molecule has 1 aromatic carbocycles.